The minimum absolute atomic E-state index is 0.190. The first-order valence-corrected chi connectivity index (χ1v) is 8.44. The van der Waals surface area contributed by atoms with Gasteiger partial charge in [-0.25, -0.2) is 0 Å². The average Bonchev–Trinajstić information content (AvgIpc) is 2.87. The van der Waals surface area contributed by atoms with E-state index in [0.717, 1.165) is 11.3 Å². The number of nitrogens with one attached hydrogen (secondary N) is 1. The highest BCUT2D eigenvalue weighted by atomic mass is 35.5. The number of ether oxygens (including phenoxy) is 1. The maximum absolute atomic E-state index is 12.4. The Hall–Kier alpha value is -2.34. The van der Waals surface area contributed by atoms with E-state index < -0.39 is 0 Å². The zero-order chi connectivity index (χ0) is 18.4. The van der Waals surface area contributed by atoms with E-state index in [4.69, 9.17) is 11.6 Å². The zero-order valence-electron chi connectivity index (χ0n) is 14.6. The van der Waals surface area contributed by atoms with Crippen LogP contribution in [0, 0.1) is 13.8 Å². The van der Waals surface area contributed by atoms with Gasteiger partial charge in [0, 0.05) is 23.7 Å². The molecular weight excluding hydrogens is 342 g/mol. The summed E-state index contributed by atoms with van der Waals surface area (Å²) in [5.41, 5.74) is 2.95. The van der Waals surface area contributed by atoms with Crippen LogP contribution in [0.5, 0.6) is 0 Å². The lowest BCUT2D eigenvalue weighted by Crippen LogP contribution is -2.26. The number of methoxy groups -OCH3 is 1. The van der Waals surface area contributed by atoms with Gasteiger partial charge >= 0.3 is 5.97 Å². The van der Waals surface area contributed by atoms with Crippen LogP contribution in [0.2, 0.25) is 5.02 Å². The summed E-state index contributed by atoms with van der Waals surface area (Å²) in [6, 6.07) is 7.56. The van der Waals surface area contributed by atoms with Crippen LogP contribution >= 0.6 is 11.6 Å². The second kappa shape index (κ2) is 8.67. The topological polar surface area (TPSA) is 73.2 Å². The number of aryl methyl sites for hydroxylation is 1. The van der Waals surface area contributed by atoms with Gasteiger partial charge in [0.1, 0.15) is 0 Å². The Morgan fingerprint density at radius 1 is 1.28 bits per heavy atom. The predicted octanol–water partition coefficient (Wildman–Crippen LogP) is 2.88. The molecule has 2 aromatic rings. The third-order valence-electron chi connectivity index (χ3n) is 3.96. The molecule has 1 aromatic heterocycles. The first kappa shape index (κ1) is 19.0. The Labute approximate surface area is 152 Å². The van der Waals surface area contributed by atoms with Crippen molar-refractivity contribution in [2.45, 2.75) is 33.2 Å². The summed E-state index contributed by atoms with van der Waals surface area (Å²) < 4.78 is 6.35. The van der Waals surface area contributed by atoms with Crippen LogP contribution in [0.25, 0.3) is 0 Å². The Morgan fingerprint density at radius 2 is 2.00 bits per heavy atom. The first-order valence-electron chi connectivity index (χ1n) is 8.06. The predicted molar refractivity (Wildman–Crippen MR) is 95.8 cm³/mol. The van der Waals surface area contributed by atoms with Crippen molar-refractivity contribution in [2.75, 3.05) is 13.7 Å². The lowest BCUT2D eigenvalue weighted by molar-refractivity contribution is -0.140. The van der Waals surface area contributed by atoms with E-state index in [1.165, 1.54) is 7.11 Å². The first-order chi connectivity index (χ1) is 11.9. The van der Waals surface area contributed by atoms with Crippen molar-refractivity contribution in [1.82, 2.24) is 15.1 Å². The summed E-state index contributed by atoms with van der Waals surface area (Å²) in [7, 11) is 1.35. The van der Waals surface area contributed by atoms with E-state index in [-0.39, 0.29) is 18.3 Å². The molecule has 2 rings (SSSR count). The summed E-state index contributed by atoms with van der Waals surface area (Å²) in [6.07, 6.45) is 0.810. The third kappa shape index (κ3) is 4.82. The number of amides is 1. The summed E-state index contributed by atoms with van der Waals surface area (Å²) >= 11 is 6.20. The maximum Gasteiger partial charge on any atom is 0.305 e. The van der Waals surface area contributed by atoms with Gasteiger partial charge < -0.3 is 10.1 Å². The number of benzene rings is 1. The molecule has 0 aliphatic carbocycles. The Kier molecular flexibility index (Phi) is 6.58. The highest BCUT2D eigenvalue weighted by molar-refractivity contribution is 6.31. The monoisotopic (exact) mass is 363 g/mol. The molecule has 0 bridgehead atoms. The molecule has 6 nitrogen and oxygen atoms in total. The summed E-state index contributed by atoms with van der Waals surface area (Å²) in [4.78, 5) is 23.5. The molecule has 7 heteroatoms. The molecular formula is C18H22ClN3O3. The summed E-state index contributed by atoms with van der Waals surface area (Å²) in [5.74, 6) is -0.473. The van der Waals surface area contributed by atoms with Crippen LogP contribution in [0.3, 0.4) is 0 Å². The van der Waals surface area contributed by atoms with E-state index in [1.807, 2.05) is 31.2 Å². The number of hydrogen-bond donors (Lipinski definition) is 1. The number of hydrogen-bond acceptors (Lipinski definition) is 4. The van der Waals surface area contributed by atoms with Gasteiger partial charge in [0.2, 0.25) is 0 Å². The molecule has 1 heterocycles. The molecule has 1 amide bonds. The average molecular weight is 364 g/mol. The van der Waals surface area contributed by atoms with Crippen molar-refractivity contribution in [3.05, 3.63) is 51.8 Å². The van der Waals surface area contributed by atoms with Crippen molar-refractivity contribution in [3.8, 4) is 0 Å². The van der Waals surface area contributed by atoms with Crippen LogP contribution in [0.1, 0.15) is 40.2 Å². The van der Waals surface area contributed by atoms with Crippen molar-refractivity contribution in [3.63, 3.8) is 0 Å². The van der Waals surface area contributed by atoms with E-state index >= 15 is 0 Å². The van der Waals surface area contributed by atoms with E-state index in [2.05, 4.69) is 15.2 Å². The van der Waals surface area contributed by atoms with Crippen molar-refractivity contribution < 1.29 is 14.3 Å². The smallest absolute Gasteiger partial charge is 0.305 e. The van der Waals surface area contributed by atoms with Crippen molar-refractivity contribution in [2.24, 2.45) is 0 Å². The highest BCUT2D eigenvalue weighted by Crippen LogP contribution is 2.19. The Morgan fingerprint density at radius 3 is 2.68 bits per heavy atom. The molecule has 0 aliphatic rings. The number of carbonyl (C=O) groups excluding carboxylic acids is 2. The van der Waals surface area contributed by atoms with Crippen LogP contribution in [-0.4, -0.2) is 35.3 Å². The van der Waals surface area contributed by atoms with Crippen molar-refractivity contribution in [1.29, 1.82) is 0 Å². The summed E-state index contributed by atoms with van der Waals surface area (Å²) in [5, 5.41) is 7.95. The van der Waals surface area contributed by atoms with Crippen molar-refractivity contribution >= 4 is 23.5 Å². The quantitative estimate of drug-likeness (QED) is 0.606. The normalized spacial score (nSPS) is 10.6. The molecule has 0 spiro atoms. The molecule has 25 heavy (non-hydrogen) atoms. The lowest BCUT2D eigenvalue weighted by atomic mass is 10.1. The second-order valence-electron chi connectivity index (χ2n) is 5.73. The SMILES string of the molecule is COC(=O)CCCNC(=O)c1c(C)nn(Cc2ccccc2Cl)c1C. The molecule has 0 saturated carbocycles. The maximum atomic E-state index is 12.4. The van der Waals surface area contributed by atoms with Gasteiger partial charge in [-0.3, -0.25) is 14.3 Å². The number of nitrogens with zero attached hydrogens (tertiary/aromatic N) is 2. The van der Waals surface area contributed by atoms with Gasteiger partial charge in [0.05, 0.1) is 24.9 Å². The van der Waals surface area contributed by atoms with Crippen LogP contribution in [0.15, 0.2) is 24.3 Å². The van der Waals surface area contributed by atoms with E-state index in [9.17, 15) is 9.59 Å². The summed E-state index contributed by atoms with van der Waals surface area (Å²) in [6.45, 7) is 4.57. The van der Waals surface area contributed by atoms with Gasteiger partial charge in [0.15, 0.2) is 0 Å². The number of carbonyl (C=O) groups is 2. The van der Waals surface area contributed by atoms with Gasteiger partial charge in [-0.05, 0) is 31.9 Å². The molecule has 1 N–H and O–H groups in total. The molecule has 0 fully saturated rings. The molecule has 0 unspecified atom stereocenters. The number of rotatable bonds is 7. The number of aromatic nitrogens is 2. The molecule has 0 saturated heterocycles. The fraction of sp³-hybridized carbons (Fsp3) is 0.389. The van der Waals surface area contributed by atoms with E-state index in [1.54, 1.807) is 11.6 Å². The molecule has 134 valence electrons. The van der Waals surface area contributed by atoms with Crippen LogP contribution in [-0.2, 0) is 16.1 Å². The van der Waals surface area contributed by atoms with E-state index in [0.29, 0.717) is 35.8 Å². The van der Waals surface area contributed by atoms with Crippen LogP contribution < -0.4 is 5.32 Å². The van der Waals surface area contributed by atoms with Gasteiger partial charge in [0.25, 0.3) is 5.91 Å². The fourth-order valence-electron chi connectivity index (χ4n) is 2.59. The highest BCUT2D eigenvalue weighted by Gasteiger charge is 2.18. The van der Waals surface area contributed by atoms with Gasteiger partial charge in [-0.2, -0.15) is 5.10 Å². The molecule has 1 aromatic carbocycles. The van der Waals surface area contributed by atoms with Gasteiger partial charge in [-0.15, -0.1) is 0 Å². The molecule has 0 atom stereocenters. The number of esters is 1. The molecule has 0 aliphatic heterocycles. The number of halogens is 1. The molecule has 0 radical (unpaired) electrons. The third-order valence-corrected chi connectivity index (χ3v) is 4.33. The standard InChI is InChI=1S/C18H22ClN3O3/c1-12-17(18(24)20-10-6-9-16(23)25-3)13(2)22(21-12)11-14-7-4-5-8-15(14)19/h4-5,7-8H,6,9-11H2,1-3H3,(H,20,24). The van der Waals surface area contributed by atoms with Gasteiger partial charge in [-0.1, -0.05) is 29.8 Å². The minimum Gasteiger partial charge on any atom is -0.469 e. The minimum atomic E-state index is -0.283. The second-order valence-corrected chi connectivity index (χ2v) is 6.14. The van der Waals surface area contributed by atoms with Crippen LogP contribution in [0.4, 0.5) is 0 Å². The fourth-order valence-corrected chi connectivity index (χ4v) is 2.79. The Bertz CT molecular complexity index is 771. The largest absolute Gasteiger partial charge is 0.469 e. The lowest BCUT2D eigenvalue weighted by Gasteiger charge is -2.08. The zero-order valence-corrected chi connectivity index (χ0v) is 15.4. The Balaban J connectivity index is 2.04.